The second kappa shape index (κ2) is 22.3. The van der Waals surface area contributed by atoms with E-state index in [4.69, 9.17) is 10.2 Å². The molecule has 3 rings (SSSR count). The number of carbonyl (C=O) groups excluding carboxylic acids is 6. The van der Waals surface area contributed by atoms with Gasteiger partial charge < -0.3 is 31.1 Å². The summed E-state index contributed by atoms with van der Waals surface area (Å²) in [6.45, 7) is 0.676. The molecule has 0 bridgehead atoms. The van der Waals surface area contributed by atoms with Crippen molar-refractivity contribution in [1.29, 1.82) is 0 Å². The summed E-state index contributed by atoms with van der Waals surface area (Å²) < 4.78 is 0. The van der Waals surface area contributed by atoms with Gasteiger partial charge in [0.25, 0.3) is 0 Å². The minimum atomic E-state index is -1.22. The Morgan fingerprint density at radius 1 is 0.596 bits per heavy atom. The molecule has 0 spiro atoms. The number of nitrogens with one attached hydrogen (secondary N) is 2. The lowest BCUT2D eigenvalue weighted by atomic mass is 9.87. The quantitative estimate of drug-likeness (QED) is 0.0677. The zero-order valence-corrected chi connectivity index (χ0v) is 31.6. The Hall–Kier alpha value is -6.25. The molecule has 0 aliphatic rings. The summed E-state index contributed by atoms with van der Waals surface area (Å²) in [5.74, 6) is -10.4. The maximum atomic E-state index is 14.1. The van der Waals surface area contributed by atoms with Crippen LogP contribution in [-0.2, 0) is 56.0 Å². The fourth-order valence-electron chi connectivity index (χ4n) is 6.46. The van der Waals surface area contributed by atoms with Crippen LogP contribution in [-0.4, -0.2) is 85.9 Å². The SMILES string of the molecule is CC(=O)[C@H](CCC(=O)O)CC(=O)[C@H](Cc1cccc2ccccc12)NC(=O)[C@@H](CC(=O)CNC(=O)[C@H](CCC(=O)O)CC(=O)CCC(=O)O)Cc1ccc(O)cc1. The highest BCUT2D eigenvalue weighted by atomic mass is 16.4. The molecule has 3 aromatic rings. The van der Waals surface area contributed by atoms with Crippen molar-refractivity contribution in [1.82, 2.24) is 10.6 Å². The number of hydrogen-bond acceptors (Lipinski definition) is 10. The van der Waals surface area contributed by atoms with Gasteiger partial charge in [0.15, 0.2) is 11.6 Å². The molecule has 304 valence electrons. The van der Waals surface area contributed by atoms with Gasteiger partial charge >= 0.3 is 17.9 Å². The van der Waals surface area contributed by atoms with Gasteiger partial charge in [0.2, 0.25) is 11.8 Å². The summed E-state index contributed by atoms with van der Waals surface area (Å²) in [5.41, 5.74) is 1.27. The largest absolute Gasteiger partial charge is 0.508 e. The van der Waals surface area contributed by atoms with Gasteiger partial charge in [-0.3, -0.25) is 43.2 Å². The first-order valence-corrected chi connectivity index (χ1v) is 18.6. The molecule has 0 aliphatic carbocycles. The highest BCUT2D eigenvalue weighted by Gasteiger charge is 2.31. The normalized spacial score (nSPS) is 13.1. The van der Waals surface area contributed by atoms with Crippen LogP contribution in [0, 0.1) is 17.8 Å². The second-order valence-corrected chi connectivity index (χ2v) is 14.1. The molecule has 0 saturated heterocycles. The molecular weight excluding hydrogens is 740 g/mol. The Labute approximate surface area is 328 Å². The first kappa shape index (κ1) is 45.1. The van der Waals surface area contributed by atoms with Crippen LogP contribution in [0.2, 0.25) is 0 Å². The standard InChI is InChI=1S/C42H48N2O13/c1-25(45)28(11-16-38(50)51)23-37(49)36(22-29-7-4-6-27-5-2-3-8-35(27)29)44-42(57)31(19-26-9-13-32(46)14-10-26)21-34(48)24-43-41(56)30(12-17-39(52)53)20-33(47)15-18-40(54)55/h2-10,13-14,28,30-31,36,46H,11-12,15-24H2,1H3,(H,43,56)(H,44,57)(H,50,51)(H,52,53)(H,54,55)/t28-,30-,31-,36+/m1/s1. The Balaban J connectivity index is 1.87. The second-order valence-electron chi connectivity index (χ2n) is 14.1. The lowest BCUT2D eigenvalue weighted by Gasteiger charge is -2.24. The number of amides is 2. The molecule has 6 N–H and O–H groups in total. The Morgan fingerprint density at radius 2 is 1.19 bits per heavy atom. The van der Waals surface area contributed by atoms with E-state index in [1.165, 1.54) is 19.1 Å². The van der Waals surface area contributed by atoms with Crippen molar-refractivity contribution in [2.24, 2.45) is 17.8 Å². The van der Waals surface area contributed by atoms with Crippen LogP contribution in [0.3, 0.4) is 0 Å². The molecule has 0 aromatic heterocycles. The number of rotatable bonds is 26. The van der Waals surface area contributed by atoms with Gasteiger partial charge in [-0.2, -0.15) is 0 Å². The molecule has 0 unspecified atom stereocenters. The van der Waals surface area contributed by atoms with Gasteiger partial charge in [0, 0.05) is 62.7 Å². The number of aromatic hydroxyl groups is 1. The predicted molar refractivity (Wildman–Crippen MR) is 205 cm³/mol. The van der Waals surface area contributed by atoms with Gasteiger partial charge in [-0.25, -0.2) is 0 Å². The van der Waals surface area contributed by atoms with Crippen molar-refractivity contribution in [3.63, 3.8) is 0 Å². The molecule has 0 saturated carbocycles. The minimum Gasteiger partial charge on any atom is -0.508 e. The Morgan fingerprint density at radius 3 is 1.82 bits per heavy atom. The van der Waals surface area contributed by atoms with E-state index in [1.54, 1.807) is 24.3 Å². The smallest absolute Gasteiger partial charge is 0.303 e. The topological polar surface area (TPSA) is 259 Å². The number of carbonyl (C=O) groups is 9. The molecule has 57 heavy (non-hydrogen) atoms. The number of aliphatic carboxylic acids is 3. The number of carboxylic acids is 3. The number of phenolic OH excluding ortho intramolecular Hbond substituents is 1. The number of phenols is 1. The van der Waals surface area contributed by atoms with E-state index in [0.29, 0.717) is 11.1 Å². The highest BCUT2D eigenvalue weighted by molar-refractivity contribution is 5.96. The highest BCUT2D eigenvalue weighted by Crippen LogP contribution is 2.23. The summed E-state index contributed by atoms with van der Waals surface area (Å²) in [6.07, 6.45) is -3.18. The van der Waals surface area contributed by atoms with E-state index in [1.807, 2.05) is 30.3 Å². The summed E-state index contributed by atoms with van der Waals surface area (Å²) in [6, 6.07) is 17.6. The van der Waals surface area contributed by atoms with E-state index in [0.717, 1.165) is 10.8 Å². The number of Topliss-reactive ketones (excluding diaryl/α,β-unsaturated/α-hetero) is 4. The van der Waals surface area contributed by atoms with Crippen LogP contribution in [0.5, 0.6) is 5.75 Å². The summed E-state index contributed by atoms with van der Waals surface area (Å²) in [7, 11) is 0. The van der Waals surface area contributed by atoms with Crippen LogP contribution >= 0.6 is 0 Å². The fourth-order valence-corrected chi connectivity index (χ4v) is 6.46. The zero-order chi connectivity index (χ0) is 42.1. The number of fused-ring (bicyclic) bond motifs is 1. The number of ketones is 4. The summed E-state index contributed by atoms with van der Waals surface area (Å²) in [5, 5.41) is 43.9. The molecule has 15 heteroatoms. The van der Waals surface area contributed by atoms with Crippen LogP contribution in [0.4, 0.5) is 0 Å². The predicted octanol–water partition coefficient (Wildman–Crippen LogP) is 3.84. The Kier molecular flexibility index (Phi) is 17.7. The first-order chi connectivity index (χ1) is 27.0. The molecule has 0 heterocycles. The van der Waals surface area contributed by atoms with E-state index in [2.05, 4.69) is 10.6 Å². The third-order valence-corrected chi connectivity index (χ3v) is 9.63. The Bertz CT molecular complexity index is 1950. The summed E-state index contributed by atoms with van der Waals surface area (Å²) >= 11 is 0. The van der Waals surface area contributed by atoms with Crippen LogP contribution in [0.15, 0.2) is 66.7 Å². The number of benzene rings is 3. The van der Waals surface area contributed by atoms with E-state index >= 15 is 0 Å². The van der Waals surface area contributed by atoms with Gasteiger partial charge in [0.05, 0.1) is 19.0 Å². The van der Waals surface area contributed by atoms with Crippen molar-refractivity contribution in [2.75, 3.05) is 6.54 Å². The van der Waals surface area contributed by atoms with Crippen LogP contribution < -0.4 is 10.6 Å². The maximum absolute atomic E-state index is 14.1. The molecule has 3 aromatic carbocycles. The average Bonchev–Trinajstić information content (AvgIpc) is 3.16. The zero-order valence-electron chi connectivity index (χ0n) is 31.6. The number of hydrogen-bond donors (Lipinski definition) is 6. The van der Waals surface area contributed by atoms with Crippen LogP contribution in [0.25, 0.3) is 10.8 Å². The molecular formula is C42H48N2O13. The van der Waals surface area contributed by atoms with Crippen molar-refractivity contribution in [2.45, 2.75) is 83.6 Å². The van der Waals surface area contributed by atoms with Crippen molar-refractivity contribution in [3.05, 3.63) is 77.9 Å². The summed E-state index contributed by atoms with van der Waals surface area (Å²) in [4.78, 5) is 113. The van der Waals surface area contributed by atoms with Gasteiger partial charge in [-0.15, -0.1) is 0 Å². The monoisotopic (exact) mass is 788 g/mol. The maximum Gasteiger partial charge on any atom is 0.303 e. The molecule has 2 amide bonds. The van der Waals surface area contributed by atoms with Crippen molar-refractivity contribution in [3.8, 4) is 5.75 Å². The van der Waals surface area contributed by atoms with E-state index in [9.17, 15) is 53.4 Å². The molecule has 0 radical (unpaired) electrons. The molecule has 4 atom stereocenters. The van der Waals surface area contributed by atoms with E-state index in [-0.39, 0.29) is 56.5 Å². The molecule has 15 nitrogen and oxygen atoms in total. The third-order valence-electron chi connectivity index (χ3n) is 9.63. The first-order valence-electron chi connectivity index (χ1n) is 18.6. The van der Waals surface area contributed by atoms with Crippen molar-refractivity contribution < 1.29 is 63.6 Å². The number of carboxylic acid groups (broad SMARTS) is 3. The van der Waals surface area contributed by atoms with Crippen molar-refractivity contribution >= 4 is 63.6 Å². The fraction of sp³-hybridized carbons (Fsp3) is 0.405. The molecule has 0 aliphatic heterocycles. The van der Waals surface area contributed by atoms with Gasteiger partial charge in [0.1, 0.15) is 17.3 Å². The minimum absolute atomic E-state index is 0.00827. The third kappa shape index (κ3) is 15.8. The lowest BCUT2D eigenvalue weighted by Crippen LogP contribution is -2.47. The van der Waals surface area contributed by atoms with E-state index < -0.39 is 103 Å². The lowest BCUT2D eigenvalue weighted by molar-refractivity contribution is -0.139. The van der Waals surface area contributed by atoms with Gasteiger partial charge in [-0.1, -0.05) is 54.6 Å². The average molecular weight is 789 g/mol. The van der Waals surface area contributed by atoms with Crippen LogP contribution in [0.1, 0.15) is 75.8 Å². The van der Waals surface area contributed by atoms with Gasteiger partial charge in [-0.05, 0) is 60.2 Å². The molecule has 0 fully saturated rings.